The molecular formula is C22H22ClN5O. The van der Waals surface area contributed by atoms with Crippen molar-refractivity contribution in [3.05, 3.63) is 82.3 Å². The summed E-state index contributed by atoms with van der Waals surface area (Å²) in [6.07, 6.45) is 1.49. The third-order valence-corrected chi connectivity index (χ3v) is 5.31. The van der Waals surface area contributed by atoms with Gasteiger partial charge in [-0.25, -0.2) is 4.68 Å². The predicted molar refractivity (Wildman–Crippen MR) is 115 cm³/mol. The van der Waals surface area contributed by atoms with Gasteiger partial charge in [0.15, 0.2) is 0 Å². The normalized spacial score (nSPS) is 15.8. The van der Waals surface area contributed by atoms with Crippen LogP contribution in [0.5, 0.6) is 0 Å². The number of amides is 1. The van der Waals surface area contributed by atoms with Crippen LogP contribution in [0.2, 0.25) is 5.02 Å². The van der Waals surface area contributed by atoms with Gasteiger partial charge >= 0.3 is 0 Å². The molecule has 148 valence electrons. The van der Waals surface area contributed by atoms with Crippen LogP contribution < -0.4 is 10.6 Å². The average Bonchev–Trinajstić information content (AvgIpc) is 3.16. The first-order valence-corrected chi connectivity index (χ1v) is 9.86. The number of anilines is 2. The number of nitrogens with one attached hydrogen (secondary N) is 2. The van der Waals surface area contributed by atoms with E-state index in [-0.39, 0.29) is 11.9 Å². The van der Waals surface area contributed by atoms with Crippen molar-refractivity contribution in [1.29, 1.82) is 0 Å². The van der Waals surface area contributed by atoms with Gasteiger partial charge in [-0.05, 0) is 48.2 Å². The largest absolute Gasteiger partial charge is 0.328 e. The molecule has 29 heavy (non-hydrogen) atoms. The van der Waals surface area contributed by atoms with E-state index >= 15 is 0 Å². The van der Waals surface area contributed by atoms with Gasteiger partial charge in [0.05, 0.1) is 5.57 Å². The molecule has 0 unspecified atom stereocenters. The lowest BCUT2D eigenvalue weighted by atomic mass is 9.93. The van der Waals surface area contributed by atoms with Gasteiger partial charge in [-0.2, -0.15) is 10.1 Å². The minimum atomic E-state index is -0.373. The third-order valence-electron chi connectivity index (χ3n) is 5.06. The predicted octanol–water partition coefficient (Wildman–Crippen LogP) is 4.98. The van der Waals surface area contributed by atoms with Gasteiger partial charge in [0.2, 0.25) is 5.95 Å². The first-order chi connectivity index (χ1) is 13.9. The third kappa shape index (κ3) is 3.76. The summed E-state index contributed by atoms with van der Waals surface area (Å²) in [5.74, 6) is 0.851. The smallest absolute Gasteiger partial charge is 0.255 e. The number of hydrogen-bond donors (Lipinski definition) is 2. The van der Waals surface area contributed by atoms with Gasteiger partial charge in [0, 0.05) is 16.4 Å². The van der Waals surface area contributed by atoms with Crippen molar-refractivity contribution in [3.63, 3.8) is 0 Å². The Labute approximate surface area is 174 Å². The van der Waals surface area contributed by atoms with Crippen LogP contribution in [0.15, 0.2) is 66.1 Å². The number of nitrogens with zero attached hydrogens (tertiary/aromatic N) is 3. The molecule has 1 atom stereocenters. The van der Waals surface area contributed by atoms with Gasteiger partial charge in [0.25, 0.3) is 5.91 Å². The summed E-state index contributed by atoms with van der Waals surface area (Å²) >= 11 is 5.95. The van der Waals surface area contributed by atoms with E-state index in [1.807, 2.05) is 6.92 Å². The number of carbonyl (C=O) groups is 1. The highest BCUT2D eigenvalue weighted by atomic mass is 35.5. The van der Waals surface area contributed by atoms with Gasteiger partial charge in [-0.15, -0.1) is 0 Å². The van der Waals surface area contributed by atoms with Crippen LogP contribution in [0.1, 0.15) is 43.9 Å². The summed E-state index contributed by atoms with van der Waals surface area (Å²) in [6, 6.07) is 15.0. The highest BCUT2D eigenvalue weighted by Gasteiger charge is 2.33. The van der Waals surface area contributed by atoms with E-state index in [0.717, 1.165) is 11.3 Å². The zero-order valence-electron chi connectivity index (χ0n) is 16.5. The summed E-state index contributed by atoms with van der Waals surface area (Å²) < 4.78 is 1.74. The van der Waals surface area contributed by atoms with E-state index in [2.05, 4.69) is 58.8 Å². The molecule has 2 aromatic carbocycles. The second-order valence-electron chi connectivity index (χ2n) is 7.38. The molecule has 6 nitrogen and oxygen atoms in total. The van der Waals surface area contributed by atoms with Crippen molar-refractivity contribution < 1.29 is 4.79 Å². The molecular weight excluding hydrogens is 386 g/mol. The van der Waals surface area contributed by atoms with E-state index in [9.17, 15) is 4.79 Å². The molecule has 0 radical (unpaired) electrons. The van der Waals surface area contributed by atoms with Crippen LogP contribution in [-0.4, -0.2) is 20.7 Å². The number of rotatable bonds is 4. The van der Waals surface area contributed by atoms with E-state index < -0.39 is 0 Å². The van der Waals surface area contributed by atoms with Crippen LogP contribution in [0, 0.1) is 0 Å². The molecule has 1 amide bonds. The summed E-state index contributed by atoms with van der Waals surface area (Å²) in [5.41, 5.74) is 4.24. The fraction of sp³-hybridized carbons (Fsp3) is 0.227. The van der Waals surface area contributed by atoms with Crippen molar-refractivity contribution in [2.24, 2.45) is 0 Å². The summed E-state index contributed by atoms with van der Waals surface area (Å²) in [5, 5.41) is 11.1. The van der Waals surface area contributed by atoms with E-state index in [0.29, 0.717) is 28.1 Å². The van der Waals surface area contributed by atoms with Crippen molar-refractivity contribution in [1.82, 2.24) is 14.8 Å². The molecule has 3 aromatic rings. The number of carbonyl (C=O) groups excluding carboxylic acids is 1. The fourth-order valence-electron chi connectivity index (χ4n) is 3.49. The Morgan fingerprint density at radius 3 is 2.48 bits per heavy atom. The monoisotopic (exact) mass is 407 g/mol. The lowest BCUT2D eigenvalue weighted by Crippen LogP contribution is -2.31. The van der Waals surface area contributed by atoms with Gasteiger partial charge in [0.1, 0.15) is 12.4 Å². The second kappa shape index (κ2) is 7.72. The molecule has 0 spiro atoms. The summed E-state index contributed by atoms with van der Waals surface area (Å²) in [7, 11) is 0. The van der Waals surface area contributed by atoms with Crippen molar-refractivity contribution in [3.8, 4) is 0 Å². The van der Waals surface area contributed by atoms with Crippen LogP contribution in [-0.2, 0) is 4.79 Å². The molecule has 0 saturated heterocycles. The Morgan fingerprint density at radius 1 is 1.14 bits per heavy atom. The zero-order chi connectivity index (χ0) is 20.5. The molecule has 0 saturated carbocycles. The number of fused-ring (bicyclic) bond motifs is 1. The summed E-state index contributed by atoms with van der Waals surface area (Å²) in [4.78, 5) is 17.5. The number of aromatic nitrogens is 3. The first-order valence-electron chi connectivity index (χ1n) is 9.48. The molecule has 0 fully saturated rings. The number of halogens is 1. The Morgan fingerprint density at radius 2 is 1.83 bits per heavy atom. The SMILES string of the molecule is CC1=C(C(=O)Nc2ccc(Cl)cc2)[C@@H](c2ccc(C(C)C)cc2)n2ncnc2N1. The quantitative estimate of drug-likeness (QED) is 0.639. The van der Waals surface area contributed by atoms with Gasteiger partial charge in [-0.1, -0.05) is 49.7 Å². The molecule has 7 heteroatoms. The van der Waals surface area contributed by atoms with Crippen LogP contribution in [0.4, 0.5) is 11.6 Å². The minimum Gasteiger partial charge on any atom is -0.328 e. The maximum atomic E-state index is 13.2. The Hall–Kier alpha value is -3.12. The van der Waals surface area contributed by atoms with Crippen molar-refractivity contribution in [2.75, 3.05) is 10.6 Å². The average molecular weight is 408 g/mol. The highest BCUT2D eigenvalue weighted by molar-refractivity contribution is 6.30. The van der Waals surface area contributed by atoms with E-state index in [4.69, 9.17) is 11.6 Å². The maximum Gasteiger partial charge on any atom is 0.255 e. The molecule has 4 rings (SSSR count). The zero-order valence-corrected chi connectivity index (χ0v) is 17.2. The second-order valence-corrected chi connectivity index (χ2v) is 7.81. The van der Waals surface area contributed by atoms with E-state index in [1.54, 1.807) is 28.9 Å². The van der Waals surface area contributed by atoms with E-state index in [1.165, 1.54) is 11.9 Å². The number of allylic oxidation sites excluding steroid dienone is 1. The first kappa shape index (κ1) is 19.2. The Bertz CT molecular complexity index is 1070. The minimum absolute atomic E-state index is 0.198. The molecule has 2 heterocycles. The molecule has 2 N–H and O–H groups in total. The van der Waals surface area contributed by atoms with Crippen LogP contribution in [0.3, 0.4) is 0 Å². The summed E-state index contributed by atoms with van der Waals surface area (Å²) in [6.45, 7) is 6.19. The molecule has 0 aliphatic carbocycles. The highest BCUT2D eigenvalue weighted by Crippen LogP contribution is 2.35. The standard InChI is InChI=1S/C22H22ClN5O/c1-13(2)15-4-6-16(7-5-15)20-19(14(3)26-22-24-12-25-28(20)22)21(29)27-18-10-8-17(23)9-11-18/h4-13,20H,1-3H3,(H,27,29)(H,24,25,26)/t20-/m1/s1. The maximum absolute atomic E-state index is 13.2. The van der Waals surface area contributed by atoms with Crippen LogP contribution >= 0.6 is 11.6 Å². The van der Waals surface area contributed by atoms with Crippen LogP contribution in [0.25, 0.3) is 0 Å². The molecule has 1 aliphatic rings. The van der Waals surface area contributed by atoms with Crippen molar-refractivity contribution >= 4 is 29.1 Å². The lowest BCUT2D eigenvalue weighted by Gasteiger charge is -2.29. The molecule has 1 aliphatic heterocycles. The topological polar surface area (TPSA) is 71.8 Å². The fourth-order valence-corrected chi connectivity index (χ4v) is 3.61. The van der Waals surface area contributed by atoms with Gasteiger partial charge in [-0.3, -0.25) is 4.79 Å². The van der Waals surface area contributed by atoms with Gasteiger partial charge < -0.3 is 10.6 Å². The molecule has 1 aromatic heterocycles. The number of benzene rings is 2. The number of hydrogen-bond acceptors (Lipinski definition) is 4. The lowest BCUT2D eigenvalue weighted by molar-refractivity contribution is -0.113. The Kier molecular flexibility index (Phi) is 5.11. The Balaban J connectivity index is 1.73. The molecule has 0 bridgehead atoms. The van der Waals surface area contributed by atoms with Crippen molar-refractivity contribution in [2.45, 2.75) is 32.7 Å².